The number of nitrogens with zero attached hydrogens (tertiary/aromatic N) is 2. The summed E-state index contributed by atoms with van der Waals surface area (Å²) in [6.45, 7) is 1.20. The van der Waals surface area contributed by atoms with Gasteiger partial charge in [-0.3, -0.25) is 23.9 Å². The highest BCUT2D eigenvalue weighted by Crippen LogP contribution is 2.34. The van der Waals surface area contributed by atoms with E-state index in [4.69, 9.17) is 0 Å². The average molecular weight is 401 g/mol. The van der Waals surface area contributed by atoms with Gasteiger partial charge in [0.05, 0.1) is 6.10 Å². The highest BCUT2D eigenvalue weighted by Gasteiger charge is 2.50. The van der Waals surface area contributed by atoms with Crippen molar-refractivity contribution in [2.45, 2.75) is 32.4 Å². The number of likely N-dealkylation sites (tertiary alicyclic amines) is 1. The fourth-order valence-corrected chi connectivity index (χ4v) is 3.69. The van der Waals surface area contributed by atoms with Crippen LogP contribution in [0.25, 0.3) is 0 Å². The number of rotatable bonds is 5. The second-order valence-electron chi connectivity index (χ2n) is 7.44. The number of H-pyrrole nitrogens is 1. The van der Waals surface area contributed by atoms with Crippen molar-refractivity contribution in [2.24, 2.45) is 5.41 Å². The molecular formula is C20H23N3O6. The highest BCUT2D eigenvalue weighted by atomic mass is 16.4. The molecule has 3 N–H and O–H groups in total. The van der Waals surface area contributed by atoms with Gasteiger partial charge in [0.25, 0.3) is 5.56 Å². The summed E-state index contributed by atoms with van der Waals surface area (Å²) in [5, 5.41) is 20.5. The van der Waals surface area contributed by atoms with Gasteiger partial charge in [-0.25, -0.2) is 4.79 Å². The second-order valence-corrected chi connectivity index (χ2v) is 7.44. The van der Waals surface area contributed by atoms with E-state index >= 15 is 0 Å². The standard InChI is InChI=1S/C20H23N3O6/c1-13-10-23(19(29)21-17(13)26)11-16(25)22-8-7-15(24)20(12-22,18(27)28)9-14-5-3-2-4-6-14/h2-6,10,15,24H,7-9,11-12H2,1H3,(H,27,28)(H,21,26,29)/t15-,20-/m1/s1. The van der Waals surface area contributed by atoms with Crippen LogP contribution in [-0.2, 0) is 22.6 Å². The number of carboxylic acids is 1. The molecule has 2 heterocycles. The van der Waals surface area contributed by atoms with Crippen molar-refractivity contribution in [2.75, 3.05) is 13.1 Å². The number of carbonyl (C=O) groups excluding carboxylic acids is 1. The lowest BCUT2D eigenvalue weighted by Crippen LogP contribution is -2.58. The Bertz CT molecular complexity index is 1030. The van der Waals surface area contributed by atoms with Gasteiger partial charge in [0, 0.05) is 24.8 Å². The first-order chi connectivity index (χ1) is 13.7. The molecule has 1 amide bonds. The van der Waals surface area contributed by atoms with Gasteiger partial charge in [-0.1, -0.05) is 30.3 Å². The number of nitrogens with one attached hydrogen (secondary N) is 1. The quantitative estimate of drug-likeness (QED) is 0.633. The summed E-state index contributed by atoms with van der Waals surface area (Å²) in [5.74, 6) is -1.63. The number of carbonyl (C=O) groups is 2. The van der Waals surface area contributed by atoms with Gasteiger partial charge in [0.1, 0.15) is 12.0 Å². The molecular weight excluding hydrogens is 378 g/mol. The molecule has 1 aliphatic rings. The van der Waals surface area contributed by atoms with E-state index in [1.54, 1.807) is 24.3 Å². The van der Waals surface area contributed by atoms with Crippen molar-refractivity contribution in [3.05, 3.63) is 68.5 Å². The number of aliphatic hydroxyl groups is 1. The predicted octanol–water partition coefficient (Wildman–Crippen LogP) is -0.248. The number of hydrogen-bond donors (Lipinski definition) is 3. The molecule has 0 unspecified atom stereocenters. The smallest absolute Gasteiger partial charge is 0.328 e. The third-order valence-corrected chi connectivity index (χ3v) is 5.42. The Kier molecular flexibility index (Phi) is 5.69. The second kappa shape index (κ2) is 8.04. The Hall–Kier alpha value is -3.20. The monoisotopic (exact) mass is 401 g/mol. The van der Waals surface area contributed by atoms with Crippen molar-refractivity contribution in [1.29, 1.82) is 0 Å². The average Bonchev–Trinajstić information content (AvgIpc) is 2.68. The van der Waals surface area contributed by atoms with Gasteiger partial charge in [0.15, 0.2) is 0 Å². The Morgan fingerprint density at radius 1 is 1.24 bits per heavy atom. The number of aliphatic hydroxyl groups excluding tert-OH is 1. The maximum absolute atomic E-state index is 12.8. The molecule has 1 fully saturated rings. The fraction of sp³-hybridized carbons (Fsp3) is 0.400. The van der Waals surface area contributed by atoms with E-state index in [0.29, 0.717) is 0 Å². The van der Waals surface area contributed by atoms with E-state index in [2.05, 4.69) is 4.98 Å². The first kappa shape index (κ1) is 20.5. The summed E-state index contributed by atoms with van der Waals surface area (Å²) in [6.07, 6.45) is 0.380. The van der Waals surface area contributed by atoms with Gasteiger partial charge in [-0.2, -0.15) is 0 Å². The van der Waals surface area contributed by atoms with Crippen LogP contribution in [0.1, 0.15) is 17.5 Å². The molecule has 2 aromatic rings. The molecule has 0 spiro atoms. The normalized spacial score (nSPS) is 21.7. The minimum Gasteiger partial charge on any atom is -0.481 e. The van der Waals surface area contributed by atoms with Crippen LogP contribution in [0.15, 0.2) is 46.1 Å². The Labute approximate surface area is 166 Å². The fourth-order valence-electron chi connectivity index (χ4n) is 3.69. The minimum atomic E-state index is -1.54. The largest absolute Gasteiger partial charge is 0.481 e. The molecule has 0 saturated carbocycles. The van der Waals surface area contributed by atoms with Gasteiger partial charge in [-0.05, 0) is 25.3 Å². The molecule has 0 bridgehead atoms. The summed E-state index contributed by atoms with van der Waals surface area (Å²) in [4.78, 5) is 51.9. The minimum absolute atomic E-state index is 0.0752. The Balaban J connectivity index is 1.84. The zero-order valence-corrected chi connectivity index (χ0v) is 16.0. The zero-order valence-electron chi connectivity index (χ0n) is 16.0. The van der Waals surface area contributed by atoms with E-state index in [1.165, 1.54) is 18.0 Å². The number of piperidine rings is 1. The van der Waals surface area contributed by atoms with Crippen molar-refractivity contribution in [1.82, 2.24) is 14.5 Å². The Morgan fingerprint density at radius 2 is 1.93 bits per heavy atom. The molecule has 9 heteroatoms. The van der Waals surface area contributed by atoms with E-state index in [1.807, 2.05) is 6.07 Å². The van der Waals surface area contributed by atoms with Crippen LogP contribution >= 0.6 is 0 Å². The number of aromatic nitrogens is 2. The summed E-state index contributed by atoms with van der Waals surface area (Å²) in [6, 6.07) is 8.94. The van der Waals surface area contributed by atoms with Gasteiger partial charge >= 0.3 is 11.7 Å². The van der Waals surface area contributed by atoms with Crippen molar-refractivity contribution in [3.8, 4) is 0 Å². The van der Waals surface area contributed by atoms with Gasteiger partial charge in [-0.15, -0.1) is 0 Å². The number of hydrogen-bond acceptors (Lipinski definition) is 5. The zero-order chi connectivity index (χ0) is 21.2. The molecule has 1 aromatic heterocycles. The van der Waals surface area contributed by atoms with Crippen LogP contribution in [0.5, 0.6) is 0 Å². The van der Waals surface area contributed by atoms with Crippen molar-refractivity contribution >= 4 is 11.9 Å². The molecule has 9 nitrogen and oxygen atoms in total. The van der Waals surface area contributed by atoms with Crippen LogP contribution < -0.4 is 11.2 Å². The van der Waals surface area contributed by atoms with Crippen molar-refractivity contribution in [3.63, 3.8) is 0 Å². The lowest BCUT2D eigenvalue weighted by Gasteiger charge is -2.43. The lowest BCUT2D eigenvalue weighted by molar-refractivity contribution is -0.166. The van der Waals surface area contributed by atoms with E-state index < -0.39 is 34.6 Å². The van der Waals surface area contributed by atoms with Gasteiger partial charge < -0.3 is 15.1 Å². The third-order valence-electron chi connectivity index (χ3n) is 5.42. The van der Waals surface area contributed by atoms with Crippen LogP contribution in [0.2, 0.25) is 0 Å². The molecule has 1 saturated heterocycles. The van der Waals surface area contributed by atoms with Crippen LogP contribution in [0.4, 0.5) is 0 Å². The number of aryl methyl sites for hydroxylation is 1. The summed E-state index contributed by atoms with van der Waals surface area (Å²) in [7, 11) is 0. The third kappa shape index (κ3) is 4.14. The molecule has 2 atom stereocenters. The van der Waals surface area contributed by atoms with E-state index in [9.17, 15) is 29.4 Å². The number of aromatic amines is 1. The molecule has 3 rings (SSSR count). The first-order valence-electron chi connectivity index (χ1n) is 9.26. The number of amides is 1. The van der Waals surface area contributed by atoms with E-state index in [0.717, 1.165) is 10.1 Å². The molecule has 1 aliphatic heterocycles. The number of carboxylic acid groups (broad SMARTS) is 1. The lowest BCUT2D eigenvalue weighted by atomic mass is 9.73. The summed E-state index contributed by atoms with van der Waals surface area (Å²) >= 11 is 0. The Morgan fingerprint density at radius 3 is 2.59 bits per heavy atom. The van der Waals surface area contributed by atoms with Crippen molar-refractivity contribution < 1.29 is 19.8 Å². The maximum Gasteiger partial charge on any atom is 0.328 e. The molecule has 0 radical (unpaired) electrons. The van der Waals surface area contributed by atoms with E-state index in [-0.39, 0.29) is 38.0 Å². The van der Waals surface area contributed by atoms with Gasteiger partial charge in [0.2, 0.25) is 5.91 Å². The number of benzene rings is 1. The summed E-state index contributed by atoms with van der Waals surface area (Å²) < 4.78 is 1.09. The van der Waals surface area contributed by atoms with Crippen LogP contribution in [-0.4, -0.2) is 55.7 Å². The molecule has 29 heavy (non-hydrogen) atoms. The molecule has 0 aliphatic carbocycles. The highest BCUT2D eigenvalue weighted by molar-refractivity contribution is 5.80. The maximum atomic E-state index is 12.8. The molecule has 154 valence electrons. The SMILES string of the molecule is Cc1cn(CC(=O)N2CC[C@@H](O)[C@](Cc3ccccc3)(C(=O)O)C2)c(=O)[nH]c1=O. The molecule has 1 aromatic carbocycles. The number of aliphatic carboxylic acids is 1. The van der Waals surface area contributed by atoms with Crippen LogP contribution in [0, 0.1) is 12.3 Å². The first-order valence-corrected chi connectivity index (χ1v) is 9.26. The van der Waals surface area contributed by atoms with Crippen LogP contribution in [0.3, 0.4) is 0 Å². The topological polar surface area (TPSA) is 133 Å². The predicted molar refractivity (Wildman–Crippen MR) is 103 cm³/mol. The summed E-state index contributed by atoms with van der Waals surface area (Å²) in [5.41, 5.74) is -1.74.